The van der Waals surface area contributed by atoms with Crippen molar-refractivity contribution in [3.63, 3.8) is 0 Å². The second-order valence-electron chi connectivity index (χ2n) is 10.5. The molecule has 0 saturated carbocycles. The molecule has 0 saturated heterocycles. The maximum Gasteiger partial charge on any atom is 0.308 e. The lowest BCUT2D eigenvalue weighted by Gasteiger charge is -2.30. The number of aromatic nitrogens is 2. The highest BCUT2D eigenvalue weighted by atomic mass is 16.6. The summed E-state index contributed by atoms with van der Waals surface area (Å²) >= 11 is 0. The first-order chi connectivity index (χ1) is 15.2. The molecule has 7 heteroatoms. The molecule has 0 aliphatic carbocycles. The molecule has 1 aromatic carbocycles. The summed E-state index contributed by atoms with van der Waals surface area (Å²) in [4.78, 5) is 35.0. The maximum absolute atomic E-state index is 12.7. The highest BCUT2D eigenvalue weighted by Crippen LogP contribution is 2.31. The van der Waals surface area contributed by atoms with Crippen LogP contribution >= 0.6 is 0 Å². The zero-order chi connectivity index (χ0) is 24.6. The van der Waals surface area contributed by atoms with Crippen molar-refractivity contribution in [2.75, 3.05) is 0 Å². The van der Waals surface area contributed by atoms with Crippen LogP contribution in [-0.2, 0) is 24.6 Å². The van der Waals surface area contributed by atoms with Gasteiger partial charge >= 0.3 is 11.9 Å². The van der Waals surface area contributed by atoms with E-state index in [4.69, 9.17) is 20.2 Å². The van der Waals surface area contributed by atoms with Gasteiger partial charge in [-0.15, -0.1) is 0 Å². The molecule has 0 spiro atoms. The molecule has 0 radical (unpaired) electrons. The van der Waals surface area contributed by atoms with Gasteiger partial charge in [-0.3, -0.25) is 14.6 Å². The molecule has 2 aromatic heterocycles. The van der Waals surface area contributed by atoms with Crippen LogP contribution in [0.15, 0.2) is 36.4 Å². The molecule has 33 heavy (non-hydrogen) atoms. The fourth-order valence-electron chi connectivity index (χ4n) is 3.66. The highest BCUT2D eigenvalue weighted by molar-refractivity contribution is 6.02. The van der Waals surface area contributed by atoms with E-state index in [9.17, 15) is 9.59 Å². The van der Waals surface area contributed by atoms with Crippen LogP contribution in [0.2, 0.25) is 0 Å². The van der Waals surface area contributed by atoms with Gasteiger partial charge in [-0.05, 0) is 60.6 Å². The van der Waals surface area contributed by atoms with E-state index in [0.29, 0.717) is 11.2 Å². The van der Waals surface area contributed by atoms with E-state index in [0.717, 1.165) is 22.0 Å². The highest BCUT2D eigenvalue weighted by Gasteiger charge is 2.38. The first kappa shape index (κ1) is 24.6. The molecule has 0 unspecified atom stereocenters. The number of ether oxygens (including phenoxy) is 2. The van der Waals surface area contributed by atoms with Crippen molar-refractivity contribution >= 4 is 33.7 Å². The van der Waals surface area contributed by atoms with Gasteiger partial charge in [0.05, 0.1) is 35.1 Å². The van der Waals surface area contributed by atoms with E-state index in [-0.39, 0.29) is 12.8 Å². The fraction of sp³-hybridized carbons (Fsp3) is 0.462. The van der Waals surface area contributed by atoms with E-state index >= 15 is 0 Å². The zero-order valence-corrected chi connectivity index (χ0v) is 20.5. The van der Waals surface area contributed by atoms with Gasteiger partial charge in [0.15, 0.2) is 0 Å². The number of nitrogens with two attached hydrogens (primary N) is 1. The summed E-state index contributed by atoms with van der Waals surface area (Å²) in [5.74, 6) is -1.02. The third-order valence-electron chi connectivity index (χ3n) is 4.93. The molecule has 3 aromatic rings. The minimum absolute atomic E-state index is 0.223. The van der Waals surface area contributed by atoms with Gasteiger partial charge in [-0.1, -0.05) is 24.3 Å². The number of carbonyl (C=O) groups excluding carboxylic acids is 2. The fourth-order valence-corrected chi connectivity index (χ4v) is 3.66. The van der Waals surface area contributed by atoms with E-state index in [2.05, 4.69) is 4.98 Å². The second-order valence-corrected chi connectivity index (χ2v) is 10.5. The first-order valence-corrected chi connectivity index (χ1v) is 11.1. The van der Waals surface area contributed by atoms with E-state index in [1.54, 1.807) is 47.6 Å². The quantitative estimate of drug-likeness (QED) is 0.442. The van der Waals surface area contributed by atoms with Gasteiger partial charge in [-0.25, -0.2) is 4.98 Å². The first-order valence-electron chi connectivity index (χ1n) is 11.1. The molecular weight excluding hydrogens is 418 g/mol. The summed E-state index contributed by atoms with van der Waals surface area (Å²) in [6, 6.07) is 11.5. The van der Waals surface area contributed by atoms with Gasteiger partial charge in [0.2, 0.25) is 0 Å². The third kappa shape index (κ3) is 6.26. The molecule has 0 atom stereocenters. The Labute approximate surface area is 194 Å². The molecule has 176 valence electrons. The number of pyridine rings is 2. The number of fused-ring (bicyclic) bond motifs is 3. The summed E-state index contributed by atoms with van der Waals surface area (Å²) in [6.45, 7) is 12.6. The Kier molecular flexibility index (Phi) is 6.48. The molecule has 0 bridgehead atoms. The average molecular weight is 452 g/mol. The summed E-state index contributed by atoms with van der Waals surface area (Å²) in [7, 11) is 0. The number of carbonyl (C=O) groups is 2. The smallest absolute Gasteiger partial charge is 0.308 e. The van der Waals surface area contributed by atoms with Crippen LogP contribution < -0.4 is 5.73 Å². The van der Waals surface area contributed by atoms with Crippen LogP contribution in [0.3, 0.4) is 0 Å². The normalized spacial score (nSPS) is 12.7. The molecule has 0 aliphatic heterocycles. The van der Waals surface area contributed by atoms with Crippen molar-refractivity contribution in [2.45, 2.75) is 78.0 Å². The van der Waals surface area contributed by atoms with Crippen molar-refractivity contribution in [1.82, 2.24) is 9.97 Å². The van der Waals surface area contributed by atoms with Crippen molar-refractivity contribution in [2.24, 2.45) is 5.73 Å². The largest absolute Gasteiger partial charge is 0.460 e. The van der Waals surface area contributed by atoms with Crippen molar-refractivity contribution in [3.8, 4) is 0 Å². The summed E-state index contributed by atoms with van der Waals surface area (Å²) in [6.07, 6.45) is -0.446. The number of nitrogens with zero attached hydrogens (tertiary/aromatic N) is 2. The number of benzene rings is 1. The van der Waals surface area contributed by atoms with Crippen molar-refractivity contribution < 1.29 is 19.1 Å². The van der Waals surface area contributed by atoms with Gasteiger partial charge < -0.3 is 15.2 Å². The second kappa shape index (κ2) is 8.71. The molecule has 2 heterocycles. The number of hydrogen-bond acceptors (Lipinski definition) is 7. The molecular formula is C26H33N3O4. The number of hydrogen-bond donors (Lipinski definition) is 1. The number of esters is 2. The third-order valence-corrected chi connectivity index (χ3v) is 4.93. The van der Waals surface area contributed by atoms with Gasteiger partial charge in [0.1, 0.15) is 11.2 Å². The van der Waals surface area contributed by atoms with Crippen LogP contribution in [0.4, 0.5) is 0 Å². The van der Waals surface area contributed by atoms with Crippen molar-refractivity contribution in [1.29, 1.82) is 0 Å². The lowest BCUT2D eigenvalue weighted by atomic mass is 9.87. The molecule has 0 aliphatic rings. The lowest BCUT2D eigenvalue weighted by Crippen LogP contribution is -2.44. The van der Waals surface area contributed by atoms with Crippen molar-refractivity contribution in [3.05, 3.63) is 47.8 Å². The molecule has 2 N–H and O–H groups in total. The Morgan fingerprint density at radius 1 is 0.758 bits per heavy atom. The Hall–Kier alpha value is -3.06. The van der Waals surface area contributed by atoms with E-state index < -0.39 is 28.7 Å². The van der Waals surface area contributed by atoms with Crippen LogP contribution in [0.1, 0.15) is 65.8 Å². The summed E-state index contributed by atoms with van der Waals surface area (Å²) in [5.41, 5.74) is 6.64. The Balaban J connectivity index is 2.09. The Morgan fingerprint density at radius 2 is 1.18 bits per heavy atom. The van der Waals surface area contributed by atoms with Crippen LogP contribution in [-0.4, -0.2) is 33.1 Å². The lowest BCUT2D eigenvalue weighted by molar-refractivity contribution is -0.159. The van der Waals surface area contributed by atoms with Gasteiger partial charge in [0.25, 0.3) is 0 Å². The molecule has 0 amide bonds. The number of rotatable bonds is 5. The topological polar surface area (TPSA) is 104 Å². The summed E-state index contributed by atoms with van der Waals surface area (Å²) in [5, 5.41) is 1.83. The summed E-state index contributed by atoms with van der Waals surface area (Å²) < 4.78 is 11.0. The van der Waals surface area contributed by atoms with Gasteiger partial charge in [0, 0.05) is 16.5 Å². The number of aryl methyl sites for hydroxylation is 1. The standard InChI is InChI=1S/C26H33N3O4/c1-16-8-9-17-10-11-18-12-13-19(29-23(18)22(17)28-16)26(27,14-20(30)32-24(2,3)4)15-21(31)33-25(5,6)7/h8-13H,14-15,27H2,1-7H3. The van der Waals surface area contributed by atoms with E-state index in [1.807, 2.05) is 37.3 Å². The van der Waals surface area contributed by atoms with Crippen LogP contribution in [0.25, 0.3) is 21.8 Å². The predicted octanol–water partition coefficient (Wildman–Crippen LogP) is 4.71. The molecule has 3 rings (SSSR count). The maximum atomic E-state index is 12.7. The van der Waals surface area contributed by atoms with Crippen LogP contribution in [0.5, 0.6) is 0 Å². The van der Waals surface area contributed by atoms with Crippen LogP contribution in [0, 0.1) is 6.92 Å². The molecule has 7 nitrogen and oxygen atoms in total. The monoisotopic (exact) mass is 451 g/mol. The minimum atomic E-state index is -1.41. The average Bonchev–Trinajstić information content (AvgIpc) is 2.64. The van der Waals surface area contributed by atoms with E-state index in [1.165, 1.54) is 0 Å². The van der Waals surface area contributed by atoms with Gasteiger partial charge in [-0.2, -0.15) is 0 Å². The molecule has 0 fully saturated rings. The zero-order valence-electron chi connectivity index (χ0n) is 20.5. The Bertz CT molecular complexity index is 1180. The Morgan fingerprint density at radius 3 is 1.67 bits per heavy atom. The SMILES string of the molecule is Cc1ccc2ccc3ccc(C(N)(CC(=O)OC(C)(C)C)CC(=O)OC(C)(C)C)nc3c2n1. The predicted molar refractivity (Wildman–Crippen MR) is 129 cm³/mol. The minimum Gasteiger partial charge on any atom is -0.460 e.